The molecule has 1 aliphatic heterocycles. The summed E-state index contributed by atoms with van der Waals surface area (Å²) in [5.41, 5.74) is 0.893. The largest absolute Gasteiger partial charge is 0.305 e. The first kappa shape index (κ1) is 11.8. The highest BCUT2D eigenvalue weighted by molar-refractivity contribution is 6.02. The van der Waals surface area contributed by atoms with Gasteiger partial charge in [-0.15, -0.1) is 0 Å². The minimum Gasteiger partial charge on any atom is -0.305 e. The molecule has 1 saturated heterocycles. The fourth-order valence-electron chi connectivity index (χ4n) is 2.99. The van der Waals surface area contributed by atoms with Gasteiger partial charge < -0.3 is 5.32 Å². The van der Waals surface area contributed by atoms with Crippen LogP contribution in [0.5, 0.6) is 0 Å². The highest BCUT2D eigenvalue weighted by Gasteiger charge is 2.39. The van der Waals surface area contributed by atoms with Gasteiger partial charge in [-0.25, -0.2) is 0 Å². The molecule has 1 atom stereocenters. The predicted octanol–water partition coefficient (Wildman–Crippen LogP) is 2.98. The van der Waals surface area contributed by atoms with Gasteiger partial charge in [0.05, 0.1) is 5.54 Å². The van der Waals surface area contributed by atoms with Gasteiger partial charge in [-0.1, -0.05) is 19.4 Å². The predicted molar refractivity (Wildman–Crippen MR) is 66.4 cm³/mol. The fraction of sp³-hybridized carbons (Fsp3) is 0.786. The zero-order valence-corrected chi connectivity index (χ0v) is 10.3. The van der Waals surface area contributed by atoms with Crippen LogP contribution in [0, 0.1) is 0 Å². The molecule has 0 amide bonds. The molecule has 90 valence electrons. The van der Waals surface area contributed by atoms with Crippen LogP contribution in [0.4, 0.5) is 0 Å². The molecule has 2 aliphatic rings. The number of allylic oxidation sites excluding steroid dienone is 1. The summed E-state index contributed by atoms with van der Waals surface area (Å²) in [4.78, 5) is 12.6. The molecule has 1 N–H and O–H groups in total. The van der Waals surface area contributed by atoms with Crippen LogP contribution in [0.2, 0.25) is 0 Å². The van der Waals surface area contributed by atoms with E-state index in [2.05, 4.69) is 18.3 Å². The number of hydrogen-bond donors (Lipinski definition) is 1. The van der Waals surface area contributed by atoms with Crippen LogP contribution >= 0.6 is 0 Å². The first-order chi connectivity index (χ1) is 7.78. The van der Waals surface area contributed by atoms with Crippen LogP contribution in [0.25, 0.3) is 0 Å². The van der Waals surface area contributed by atoms with E-state index in [0.29, 0.717) is 5.78 Å². The highest BCUT2D eigenvalue weighted by Crippen LogP contribution is 2.30. The maximum atomic E-state index is 12.6. The van der Waals surface area contributed by atoms with Crippen LogP contribution in [-0.2, 0) is 4.79 Å². The molecule has 2 nitrogen and oxygen atoms in total. The topological polar surface area (TPSA) is 29.1 Å². The maximum Gasteiger partial charge on any atom is 0.178 e. The summed E-state index contributed by atoms with van der Waals surface area (Å²) in [5, 5.41) is 3.45. The Morgan fingerprint density at radius 2 is 2.25 bits per heavy atom. The van der Waals surface area contributed by atoms with Crippen molar-refractivity contribution in [1.29, 1.82) is 0 Å². The quantitative estimate of drug-likeness (QED) is 0.794. The van der Waals surface area contributed by atoms with Crippen molar-refractivity contribution in [3.8, 4) is 0 Å². The molecule has 1 heterocycles. The molecule has 0 spiro atoms. The third-order valence-electron chi connectivity index (χ3n) is 4.11. The van der Waals surface area contributed by atoms with Crippen molar-refractivity contribution in [3.63, 3.8) is 0 Å². The van der Waals surface area contributed by atoms with E-state index >= 15 is 0 Å². The average Bonchev–Trinajstić information content (AvgIpc) is 2.64. The third-order valence-corrected chi connectivity index (χ3v) is 4.11. The normalized spacial score (nSPS) is 30.9. The molecule has 0 aromatic heterocycles. The number of ketones is 1. The van der Waals surface area contributed by atoms with Crippen molar-refractivity contribution in [2.24, 2.45) is 0 Å². The van der Waals surface area contributed by atoms with Gasteiger partial charge in [-0.05, 0) is 57.1 Å². The van der Waals surface area contributed by atoms with Gasteiger partial charge in [0.2, 0.25) is 0 Å². The number of carbonyl (C=O) groups is 1. The SMILES string of the molecule is CCC1(C(=O)C2=CCCCCC2)CCCN1. The summed E-state index contributed by atoms with van der Waals surface area (Å²) in [5.74, 6) is 0.398. The van der Waals surface area contributed by atoms with Gasteiger partial charge in [0, 0.05) is 0 Å². The molecule has 0 radical (unpaired) electrons. The van der Waals surface area contributed by atoms with E-state index in [1.807, 2.05) is 0 Å². The molecule has 1 unspecified atom stereocenters. The Labute approximate surface area is 98.5 Å². The van der Waals surface area contributed by atoms with Crippen molar-refractivity contribution in [2.45, 2.75) is 63.8 Å². The van der Waals surface area contributed by atoms with Crippen LogP contribution in [0.15, 0.2) is 11.6 Å². The first-order valence-electron chi connectivity index (χ1n) is 6.77. The second-order valence-corrected chi connectivity index (χ2v) is 5.12. The summed E-state index contributed by atoms with van der Waals surface area (Å²) < 4.78 is 0. The van der Waals surface area contributed by atoms with Crippen molar-refractivity contribution < 1.29 is 4.79 Å². The Kier molecular flexibility index (Phi) is 3.80. The van der Waals surface area contributed by atoms with E-state index in [1.54, 1.807) is 0 Å². The van der Waals surface area contributed by atoms with E-state index in [1.165, 1.54) is 19.3 Å². The van der Waals surface area contributed by atoms with E-state index in [9.17, 15) is 4.79 Å². The molecule has 2 heteroatoms. The minimum absolute atomic E-state index is 0.212. The number of rotatable bonds is 3. The zero-order chi connectivity index (χ0) is 11.4. The van der Waals surface area contributed by atoms with Crippen LogP contribution in [0.1, 0.15) is 58.3 Å². The third kappa shape index (κ3) is 2.22. The minimum atomic E-state index is -0.212. The number of hydrogen-bond acceptors (Lipinski definition) is 2. The highest BCUT2D eigenvalue weighted by atomic mass is 16.1. The molecule has 0 saturated carbocycles. The Morgan fingerprint density at radius 1 is 1.38 bits per heavy atom. The van der Waals surface area contributed by atoms with Gasteiger partial charge in [-0.2, -0.15) is 0 Å². The fourth-order valence-corrected chi connectivity index (χ4v) is 2.99. The number of Topliss-reactive ketones (excluding diaryl/α,β-unsaturated/α-hetero) is 1. The van der Waals surface area contributed by atoms with Crippen molar-refractivity contribution in [3.05, 3.63) is 11.6 Å². The zero-order valence-electron chi connectivity index (χ0n) is 10.3. The lowest BCUT2D eigenvalue weighted by molar-refractivity contribution is -0.121. The van der Waals surface area contributed by atoms with Gasteiger partial charge in [0.25, 0.3) is 0 Å². The standard InChI is InChI=1S/C14H23NO/c1-2-14(10-7-11-15-14)13(16)12-8-5-3-4-6-9-12/h8,15H,2-7,9-11H2,1H3. The maximum absolute atomic E-state index is 12.6. The molecule has 2 rings (SSSR count). The van der Waals surface area contributed by atoms with Gasteiger partial charge in [0.15, 0.2) is 5.78 Å². The van der Waals surface area contributed by atoms with Crippen molar-refractivity contribution in [2.75, 3.05) is 6.54 Å². The Balaban J connectivity index is 2.12. The number of nitrogens with one attached hydrogen (secondary N) is 1. The van der Waals surface area contributed by atoms with E-state index in [4.69, 9.17) is 0 Å². The smallest absolute Gasteiger partial charge is 0.178 e. The summed E-state index contributed by atoms with van der Waals surface area (Å²) in [6, 6.07) is 0. The Hall–Kier alpha value is -0.630. The molecular formula is C14H23NO. The van der Waals surface area contributed by atoms with Gasteiger partial charge in [-0.3, -0.25) is 4.79 Å². The molecular weight excluding hydrogens is 198 g/mol. The van der Waals surface area contributed by atoms with E-state index in [0.717, 1.165) is 44.2 Å². The van der Waals surface area contributed by atoms with Crippen LogP contribution in [-0.4, -0.2) is 17.9 Å². The lowest BCUT2D eigenvalue weighted by atomic mass is 9.84. The van der Waals surface area contributed by atoms with E-state index < -0.39 is 0 Å². The van der Waals surface area contributed by atoms with Gasteiger partial charge >= 0.3 is 0 Å². The Morgan fingerprint density at radius 3 is 2.94 bits per heavy atom. The molecule has 0 aromatic rings. The van der Waals surface area contributed by atoms with Crippen LogP contribution in [0.3, 0.4) is 0 Å². The molecule has 1 fully saturated rings. The van der Waals surface area contributed by atoms with Gasteiger partial charge in [0.1, 0.15) is 0 Å². The molecule has 1 aliphatic carbocycles. The summed E-state index contributed by atoms with van der Waals surface area (Å²) in [6.07, 6.45) is 11.1. The summed E-state index contributed by atoms with van der Waals surface area (Å²) in [7, 11) is 0. The summed E-state index contributed by atoms with van der Waals surface area (Å²) >= 11 is 0. The molecule has 16 heavy (non-hydrogen) atoms. The Bertz CT molecular complexity index is 287. The first-order valence-corrected chi connectivity index (χ1v) is 6.77. The molecule has 0 aromatic carbocycles. The lowest BCUT2D eigenvalue weighted by Crippen LogP contribution is -2.47. The molecule has 0 bridgehead atoms. The van der Waals surface area contributed by atoms with E-state index in [-0.39, 0.29) is 5.54 Å². The van der Waals surface area contributed by atoms with Crippen molar-refractivity contribution in [1.82, 2.24) is 5.32 Å². The van der Waals surface area contributed by atoms with Crippen LogP contribution < -0.4 is 5.32 Å². The lowest BCUT2D eigenvalue weighted by Gasteiger charge is -2.27. The average molecular weight is 221 g/mol. The monoisotopic (exact) mass is 221 g/mol. The second kappa shape index (κ2) is 5.13. The summed E-state index contributed by atoms with van der Waals surface area (Å²) in [6.45, 7) is 3.14. The number of carbonyl (C=O) groups excluding carboxylic acids is 1. The second-order valence-electron chi connectivity index (χ2n) is 5.12. The van der Waals surface area contributed by atoms with Crippen molar-refractivity contribution >= 4 is 5.78 Å².